The molecule has 0 aromatic rings. The molecule has 1 heterocycles. The van der Waals surface area contributed by atoms with Gasteiger partial charge in [0.25, 0.3) is 0 Å². The van der Waals surface area contributed by atoms with Gasteiger partial charge in [0.15, 0.2) is 0 Å². The van der Waals surface area contributed by atoms with Crippen molar-refractivity contribution in [3.63, 3.8) is 0 Å². The zero-order valence-electron chi connectivity index (χ0n) is 14.3. The lowest BCUT2D eigenvalue weighted by atomic mass is 9.94. The fourth-order valence-corrected chi connectivity index (χ4v) is 4.11. The molecule has 2 fully saturated rings. The number of nitrogens with zero attached hydrogens (tertiary/aromatic N) is 2. The highest BCUT2D eigenvalue weighted by Gasteiger charge is 2.24. The summed E-state index contributed by atoms with van der Waals surface area (Å²) in [6.07, 6.45) is 6.02. The van der Waals surface area contributed by atoms with E-state index in [0.29, 0.717) is 17.5 Å². The number of halogens is 1. The van der Waals surface area contributed by atoms with E-state index in [9.17, 15) is 9.59 Å². The summed E-state index contributed by atoms with van der Waals surface area (Å²) in [7, 11) is 1.92. The molecular formula is C16H30ClN3O2S. The van der Waals surface area contributed by atoms with Gasteiger partial charge in [-0.25, -0.2) is 0 Å². The Bertz CT molecular complexity index is 392. The number of nitrogens with one attached hydrogen (secondary N) is 1. The van der Waals surface area contributed by atoms with E-state index in [4.69, 9.17) is 0 Å². The summed E-state index contributed by atoms with van der Waals surface area (Å²) in [6, 6.07) is 0.660. The number of carbonyl (C=O) groups is 2. The summed E-state index contributed by atoms with van der Waals surface area (Å²) in [5, 5.41) is 3.28. The second kappa shape index (κ2) is 10.4. The van der Waals surface area contributed by atoms with Crippen molar-refractivity contribution in [3.8, 4) is 0 Å². The number of thioether (sulfide) groups is 1. The lowest BCUT2D eigenvalue weighted by Gasteiger charge is -2.34. The average molecular weight is 364 g/mol. The molecule has 0 spiro atoms. The predicted octanol–water partition coefficient (Wildman–Crippen LogP) is 1.75. The molecule has 2 amide bonds. The molecule has 0 unspecified atom stereocenters. The highest BCUT2D eigenvalue weighted by Crippen LogP contribution is 2.22. The fraction of sp³-hybridized carbons (Fsp3) is 0.875. The van der Waals surface area contributed by atoms with Gasteiger partial charge in [-0.1, -0.05) is 19.3 Å². The molecule has 1 aliphatic carbocycles. The van der Waals surface area contributed by atoms with Crippen molar-refractivity contribution in [2.75, 3.05) is 38.2 Å². The predicted molar refractivity (Wildman–Crippen MR) is 98.3 cm³/mol. The first-order valence-electron chi connectivity index (χ1n) is 8.43. The van der Waals surface area contributed by atoms with Gasteiger partial charge in [-0.2, -0.15) is 0 Å². The SMILES string of the molecule is C[C@@H]1CNCCN1C(=O)CSCC(=O)N(C)C1CCCCC1.Cl. The Morgan fingerprint density at radius 2 is 1.91 bits per heavy atom. The largest absolute Gasteiger partial charge is 0.342 e. The smallest absolute Gasteiger partial charge is 0.232 e. The molecule has 134 valence electrons. The van der Waals surface area contributed by atoms with Gasteiger partial charge >= 0.3 is 0 Å². The molecular weight excluding hydrogens is 334 g/mol. The lowest BCUT2D eigenvalue weighted by Crippen LogP contribution is -2.52. The van der Waals surface area contributed by atoms with E-state index in [0.717, 1.165) is 32.5 Å². The maximum atomic E-state index is 12.2. The van der Waals surface area contributed by atoms with E-state index in [1.807, 2.05) is 16.8 Å². The van der Waals surface area contributed by atoms with Gasteiger partial charge in [0.2, 0.25) is 11.8 Å². The minimum absolute atomic E-state index is 0. The Hall–Kier alpha value is -0.460. The Kier molecular flexibility index (Phi) is 9.32. The lowest BCUT2D eigenvalue weighted by molar-refractivity contribution is -0.131. The third-order valence-corrected chi connectivity index (χ3v) is 5.69. The summed E-state index contributed by atoms with van der Waals surface area (Å²) in [4.78, 5) is 28.3. The highest BCUT2D eigenvalue weighted by molar-refractivity contribution is 8.00. The normalized spacial score (nSPS) is 22.3. The van der Waals surface area contributed by atoms with Crippen molar-refractivity contribution >= 4 is 36.0 Å². The van der Waals surface area contributed by atoms with Gasteiger partial charge in [0.1, 0.15) is 0 Å². The molecule has 2 rings (SSSR count). The van der Waals surface area contributed by atoms with Gasteiger partial charge in [0, 0.05) is 38.8 Å². The Labute approximate surface area is 150 Å². The number of amides is 2. The minimum atomic E-state index is 0. The summed E-state index contributed by atoms with van der Waals surface area (Å²) in [5.74, 6) is 1.15. The van der Waals surface area contributed by atoms with Gasteiger partial charge in [0.05, 0.1) is 11.5 Å². The molecule has 1 aliphatic heterocycles. The zero-order valence-corrected chi connectivity index (χ0v) is 15.9. The van der Waals surface area contributed by atoms with E-state index < -0.39 is 0 Å². The van der Waals surface area contributed by atoms with Crippen LogP contribution in [-0.4, -0.2) is 71.9 Å². The van der Waals surface area contributed by atoms with Crippen LogP contribution < -0.4 is 5.32 Å². The standard InChI is InChI=1S/C16H29N3O2S.ClH/c1-13-10-17-8-9-19(13)16(21)12-22-11-15(20)18(2)14-6-4-3-5-7-14;/h13-14,17H,3-12H2,1-2H3;1H/t13-;/m1./s1. The van der Waals surface area contributed by atoms with E-state index in [1.54, 1.807) is 0 Å². The van der Waals surface area contributed by atoms with Crippen molar-refractivity contribution in [3.05, 3.63) is 0 Å². The zero-order chi connectivity index (χ0) is 15.9. The van der Waals surface area contributed by atoms with Crippen molar-refractivity contribution in [1.29, 1.82) is 0 Å². The van der Waals surface area contributed by atoms with E-state index >= 15 is 0 Å². The quantitative estimate of drug-likeness (QED) is 0.808. The van der Waals surface area contributed by atoms with Crippen molar-refractivity contribution in [2.45, 2.75) is 51.1 Å². The maximum Gasteiger partial charge on any atom is 0.232 e. The molecule has 1 N–H and O–H groups in total. The molecule has 23 heavy (non-hydrogen) atoms. The third-order valence-electron chi connectivity index (χ3n) is 4.79. The molecule has 7 heteroatoms. The summed E-state index contributed by atoms with van der Waals surface area (Å²) in [5.41, 5.74) is 0. The number of hydrogen-bond acceptors (Lipinski definition) is 4. The first-order chi connectivity index (χ1) is 10.6. The molecule has 1 saturated carbocycles. The molecule has 5 nitrogen and oxygen atoms in total. The summed E-state index contributed by atoms with van der Waals surface area (Å²) >= 11 is 1.45. The molecule has 2 aliphatic rings. The van der Waals surface area contributed by atoms with Gasteiger partial charge < -0.3 is 15.1 Å². The highest BCUT2D eigenvalue weighted by atomic mass is 35.5. The first kappa shape index (κ1) is 20.6. The van der Waals surface area contributed by atoms with Gasteiger partial charge in [-0.3, -0.25) is 9.59 Å². The molecule has 0 bridgehead atoms. The van der Waals surface area contributed by atoms with Crippen LogP contribution in [0.5, 0.6) is 0 Å². The van der Waals surface area contributed by atoms with Crippen molar-refractivity contribution in [1.82, 2.24) is 15.1 Å². The monoisotopic (exact) mass is 363 g/mol. The summed E-state index contributed by atoms with van der Waals surface area (Å²) < 4.78 is 0. The Morgan fingerprint density at radius 3 is 2.57 bits per heavy atom. The van der Waals surface area contributed by atoms with E-state index in [-0.39, 0.29) is 30.3 Å². The molecule has 0 aromatic heterocycles. The number of piperazine rings is 1. The molecule has 1 saturated heterocycles. The molecule has 0 aromatic carbocycles. The van der Waals surface area contributed by atoms with Gasteiger partial charge in [-0.05, 0) is 19.8 Å². The van der Waals surface area contributed by atoms with Crippen LogP contribution in [0.2, 0.25) is 0 Å². The van der Waals surface area contributed by atoms with Crippen LogP contribution in [0.15, 0.2) is 0 Å². The van der Waals surface area contributed by atoms with Crippen LogP contribution in [0.1, 0.15) is 39.0 Å². The molecule has 1 atom stereocenters. The topological polar surface area (TPSA) is 52.7 Å². The fourth-order valence-electron chi connectivity index (χ4n) is 3.29. The summed E-state index contributed by atoms with van der Waals surface area (Å²) in [6.45, 7) is 4.57. The van der Waals surface area contributed by atoms with E-state index in [2.05, 4.69) is 12.2 Å². The molecule has 0 radical (unpaired) electrons. The van der Waals surface area contributed by atoms with Crippen LogP contribution in [0.4, 0.5) is 0 Å². The second-order valence-corrected chi connectivity index (χ2v) is 7.42. The third kappa shape index (κ3) is 6.16. The average Bonchev–Trinajstić information content (AvgIpc) is 2.55. The van der Waals surface area contributed by atoms with E-state index in [1.165, 1.54) is 31.0 Å². The van der Waals surface area contributed by atoms with Crippen LogP contribution >= 0.6 is 24.2 Å². The van der Waals surface area contributed by atoms with Crippen LogP contribution in [0, 0.1) is 0 Å². The first-order valence-corrected chi connectivity index (χ1v) is 9.58. The van der Waals surface area contributed by atoms with Crippen LogP contribution in [-0.2, 0) is 9.59 Å². The van der Waals surface area contributed by atoms with Crippen LogP contribution in [0.25, 0.3) is 0 Å². The minimum Gasteiger partial charge on any atom is -0.342 e. The van der Waals surface area contributed by atoms with Crippen molar-refractivity contribution in [2.24, 2.45) is 0 Å². The Balaban J connectivity index is 0.00000264. The maximum absolute atomic E-state index is 12.2. The second-order valence-electron chi connectivity index (χ2n) is 6.43. The van der Waals surface area contributed by atoms with Crippen molar-refractivity contribution < 1.29 is 9.59 Å². The number of rotatable bonds is 5. The number of hydrogen-bond donors (Lipinski definition) is 1. The Morgan fingerprint density at radius 1 is 1.22 bits per heavy atom. The number of carbonyl (C=O) groups excluding carboxylic acids is 2. The van der Waals surface area contributed by atoms with Crippen LogP contribution in [0.3, 0.4) is 0 Å². The van der Waals surface area contributed by atoms with Gasteiger partial charge in [-0.15, -0.1) is 24.2 Å².